The van der Waals surface area contributed by atoms with Gasteiger partial charge in [0.15, 0.2) is 0 Å². The largest absolute Gasteiger partial charge is 0.490 e. The summed E-state index contributed by atoms with van der Waals surface area (Å²) in [7, 11) is 0. The number of esters is 1. The summed E-state index contributed by atoms with van der Waals surface area (Å²) in [6, 6.07) is 21.9. The summed E-state index contributed by atoms with van der Waals surface area (Å²) in [5.41, 5.74) is 8.46. The number of unbranched alkanes of at least 4 members (excludes halogenated alkanes) is 2. The van der Waals surface area contributed by atoms with Crippen molar-refractivity contribution < 1.29 is 19.4 Å². The number of aryl methyl sites for hydroxylation is 1. The molecule has 0 radical (unpaired) electrons. The van der Waals surface area contributed by atoms with Crippen molar-refractivity contribution >= 4 is 5.97 Å². The van der Waals surface area contributed by atoms with Gasteiger partial charge in [-0.05, 0) is 90.3 Å². The molecule has 0 heterocycles. The molecule has 0 saturated heterocycles. The average molecular weight is 569 g/mol. The third kappa shape index (κ3) is 8.35. The molecule has 0 bridgehead atoms. The molecule has 42 heavy (non-hydrogen) atoms. The van der Waals surface area contributed by atoms with Crippen molar-refractivity contribution in [3.63, 3.8) is 0 Å². The smallest absolute Gasteiger partial charge is 0.333 e. The van der Waals surface area contributed by atoms with Crippen LogP contribution in [0.2, 0.25) is 0 Å². The van der Waals surface area contributed by atoms with Crippen LogP contribution in [0.15, 0.2) is 72.8 Å². The van der Waals surface area contributed by atoms with Crippen molar-refractivity contribution in [2.45, 2.75) is 91.1 Å². The maximum Gasteiger partial charge on any atom is 0.333 e. The number of benzene rings is 3. The molecule has 0 atom stereocenters. The van der Waals surface area contributed by atoms with Gasteiger partial charge in [0.05, 0.1) is 6.61 Å². The van der Waals surface area contributed by atoms with E-state index in [4.69, 9.17) is 9.47 Å². The first-order chi connectivity index (χ1) is 20.4. The fraction of sp³-hybridized carbons (Fsp3) is 0.447. The molecule has 1 fully saturated rings. The number of aliphatic hydroxyl groups excluding tert-OH is 1. The van der Waals surface area contributed by atoms with Crippen molar-refractivity contribution in [2.75, 3.05) is 13.2 Å². The minimum absolute atomic E-state index is 0.120. The molecule has 0 aliphatic heterocycles. The van der Waals surface area contributed by atoms with Crippen molar-refractivity contribution in [3.05, 3.63) is 89.5 Å². The SMILES string of the molecule is C=C(C)C(=O)OCCOc1cc(-c2ccc(-c3ccc(C4CCC(CCCCC)CC4)cc3)cc2CC)ccc1CO. The molecule has 4 nitrogen and oxygen atoms in total. The Labute approximate surface area is 252 Å². The topological polar surface area (TPSA) is 55.8 Å². The van der Waals surface area contributed by atoms with E-state index >= 15 is 0 Å². The first-order valence-electron chi connectivity index (χ1n) is 15.9. The Hall–Kier alpha value is -3.37. The zero-order valence-electron chi connectivity index (χ0n) is 25.8. The molecule has 0 unspecified atom stereocenters. The van der Waals surface area contributed by atoms with E-state index in [2.05, 4.69) is 62.9 Å². The van der Waals surface area contributed by atoms with Gasteiger partial charge in [-0.1, -0.05) is 101 Å². The van der Waals surface area contributed by atoms with Crippen LogP contribution in [0.25, 0.3) is 22.3 Å². The summed E-state index contributed by atoms with van der Waals surface area (Å²) >= 11 is 0. The van der Waals surface area contributed by atoms with Crippen LogP contribution in [-0.2, 0) is 22.6 Å². The Bertz CT molecular complexity index is 1320. The molecule has 4 heteroatoms. The highest BCUT2D eigenvalue weighted by Gasteiger charge is 2.22. The predicted molar refractivity (Wildman–Crippen MR) is 173 cm³/mol. The standard InChI is InChI=1S/C38H48O4/c1-5-7-8-9-28-10-12-30(13-11-28)31-14-16-32(17-15-31)33-20-21-36(29(6-2)24-33)34-18-19-35(26-39)37(25-34)41-22-23-42-38(40)27(3)4/h14-21,24-25,28,30,39H,3,5-13,22-23,26H2,1-2,4H3. The maximum atomic E-state index is 11.6. The number of aliphatic hydroxyl groups is 1. The lowest BCUT2D eigenvalue weighted by atomic mass is 9.77. The van der Waals surface area contributed by atoms with E-state index in [-0.39, 0.29) is 19.8 Å². The molecule has 1 saturated carbocycles. The van der Waals surface area contributed by atoms with Gasteiger partial charge < -0.3 is 14.6 Å². The Morgan fingerprint density at radius 1 is 0.857 bits per heavy atom. The van der Waals surface area contributed by atoms with Crippen molar-refractivity contribution in [2.24, 2.45) is 5.92 Å². The first-order valence-corrected chi connectivity index (χ1v) is 15.9. The minimum Gasteiger partial charge on any atom is -0.490 e. The average Bonchev–Trinajstić information content (AvgIpc) is 3.03. The van der Waals surface area contributed by atoms with Gasteiger partial charge in [-0.25, -0.2) is 4.79 Å². The minimum atomic E-state index is -0.433. The Morgan fingerprint density at radius 2 is 1.57 bits per heavy atom. The summed E-state index contributed by atoms with van der Waals surface area (Å²) in [6.07, 6.45) is 11.8. The number of ether oxygens (including phenoxy) is 2. The highest BCUT2D eigenvalue weighted by Crippen LogP contribution is 2.39. The lowest BCUT2D eigenvalue weighted by Crippen LogP contribution is -2.13. The number of hydrogen-bond acceptors (Lipinski definition) is 4. The summed E-state index contributed by atoms with van der Waals surface area (Å²) in [4.78, 5) is 11.6. The summed E-state index contributed by atoms with van der Waals surface area (Å²) < 4.78 is 11.1. The second kappa shape index (κ2) is 15.7. The van der Waals surface area contributed by atoms with E-state index in [0.717, 1.165) is 23.5 Å². The highest BCUT2D eigenvalue weighted by molar-refractivity contribution is 5.86. The zero-order chi connectivity index (χ0) is 29.9. The highest BCUT2D eigenvalue weighted by atomic mass is 16.6. The van der Waals surface area contributed by atoms with E-state index in [1.807, 2.05) is 18.2 Å². The molecule has 1 N–H and O–H groups in total. The van der Waals surface area contributed by atoms with Crippen molar-refractivity contribution in [1.29, 1.82) is 0 Å². The van der Waals surface area contributed by atoms with E-state index in [9.17, 15) is 9.90 Å². The lowest BCUT2D eigenvalue weighted by molar-refractivity contribution is -0.139. The first kappa shape index (κ1) is 31.6. The van der Waals surface area contributed by atoms with Crippen LogP contribution in [0.1, 0.15) is 94.7 Å². The monoisotopic (exact) mass is 568 g/mol. The molecular formula is C38H48O4. The molecule has 1 aliphatic carbocycles. The molecule has 3 aromatic rings. The van der Waals surface area contributed by atoms with Crippen LogP contribution in [0.4, 0.5) is 0 Å². The molecule has 0 aromatic heterocycles. The third-order valence-electron chi connectivity index (χ3n) is 8.74. The number of carbonyl (C=O) groups is 1. The Balaban J connectivity index is 1.43. The van der Waals surface area contributed by atoms with Crippen molar-refractivity contribution in [1.82, 2.24) is 0 Å². The zero-order valence-corrected chi connectivity index (χ0v) is 25.8. The second-order valence-electron chi connectivity index (χ2n) is 11.8. The second-order valence-corrected chi connectivity index (χ2v) is 11.8. The van der Waals surface area contributed by atoms with Gasteiger partial charge in [-0.3, -0.25) is 0 Å². The van der Waals surface area contributed by atoms with Crippen LogP contribution < -0.4 is 4.74 Å². The number of carbonyl (C=O) groups excluding carboxylic acids is 1. The summed E-state index contributed by atoms with van der Waals surface area (Å²) in [6.45, 7) is 9.87. The molecule has 0 spiro atoms. The fourth-order valence-corrected chi connectivity index (χ4v) is 6.16. The van der Waals surface area contributed by atoms with Crippen LogP contribution in [0.3, 0.4) is 0 Å². The predicted octanol–water partition coefficient (Wildman–Crippen LogP) is 9.43. The van der Waals surface area contributed by atoms with E-state index < -0.39 is 5.97 Å². The molecular weight excluding hydrogens is 520 g/mol. The van der Waals surface area contributed by atoms with Gasteiger partial charge in [0, 0.05) is 11.1 Å². The van der Waals surface area contributed by atoms with Gasteiger partial charge in [0.2, 0.25) is 0 Å². The van der Waals surface area contributed by atoms with E-state index in [0.29, 0.717) is 22.8 Å². The molecule has 4 rings (SSSR count). The normalized spacial score (nSPS) is 16.7. The van der Waals surface area contributed by atoms with Crippen LogP contribution in [0.5, 0.6) is 5.75 Å². The van der Waals surface area contributed by atoms with Gasteiger partial charge in [-0.15, -0.1) is 0 Å². The maximum absolute atomic E-state index is 11.6. The number of hydrogen-bond donors (Lipinski definition) is 1. The lowest BCUT2D eigenvalue weighted by Gasteiger charge is -2.29. The Morgan fingerprint density at radius 3 is 2.24 bits per heavy atom. The van der Waals surface area contributed by atoms with E-state index in [1.165, 1.54) is 73.6 Å². The van der Waals surface area contributed by atoms with Crippen molar-refractivity contribution in [3.8, 4) is 28.0 Å². The molecule has 0 amide bonds. The Kier molecular flexibility index (Phi) is 11.8. The van der Waals surface area contributed by atoms with E-state index in [1.54, 1.807) is 6.92 Å². The van der Waals surface area contributed by atoms with Crippen LogP contribution >= 0.6 is 0 Å². The molecule has 3 aromatic carbocycles. The van der Waals surface area contributed by atoms with Gasteiger partial charge in [0.1, 0.15) is 19.0 Å². The molecule has 224 valence electrons. The summed E-state index contributed by atoms with van der Waals surface area (Å²) in [5, 5.41) is 9.84. The van der Waals surface area contributed by atoms with Gasteiger partial charge in [-0.2, -0.15) is 0 Å². The third-order valence-corrected chi connectivity index (χ3v) is 8.74. The van der Waals surface area contributed by atoms with Gasteiger partial charge >= 0.3 is 5.97 Å². The molecule has 1 aliphatic rings. The number of rotatable bonds is 14. The summed E-state index contributed by atoms with van der Waals surface area (Å²) in [5.74, 6) is 1.80. The van der Waals surface area contributed by atoms with Crippen LogP contribution in [-0.4, -0.2) is 24.3 Å². The fourth-order valence-electron chi connectivity index (χ4n) is 6.16. The quantitative estimate of drug-likeness (QED) is 0.120. The van der Waals surface area contributed by atoms with Gasteiger partial charge in [0.25, 0.3) is 0 Å². The van der Waals surface area contributed by atoms with Crippen LogP contribution in [0, 0.1) is 5.92 Å².